The third-order valence-corrected chi connectivity index (χ3v) is 3.95. The van der Waals surface area contributed by atoms with Crippen LogP contribution in [-0.4, -0.2) is 11.2 Å². The van der Waals surface area contributed by atoms with Crippen molar-refractivity contribution in [2.24, 2.45) is 0 Å². The second-order valence-electron chi connectivity index (χ2n) is 5.84. The average Bonchev–Trinajstić information content (AvgIpc) is 2.50. The van der Waals surface area contributed by atoms with Gasteiger partial charge in [0.1, 0.15) is 0 Å². The summed E-state index contributed by atoms with van der Waals surface area (Å²) in [5.41, 5.74) is 4.87. The summed E-state index contributed by atoms with van der Waals surface area (Å²) < 4.78 is 0. The Bertz CT molecular complexity index is 623. The van der Waals surface area contributed by atoms with Crippen molar-refractivity contribution in [1.29, 1.82) is 0 Å². The lowest BCUT2D eigenvalue weighted by atomic mass is 10.1. The van der Waals surface area contributed by atoms with Gasteiger partial charge in [0, 0.05) is 11.7 Å². The first-order valence-corrected chi connectivity index (χ1v) is 8.14. The molecule has 0 heterocycles. The van der Waals surface area contributed by atoms with E-state index in [9.17, 15) is 0 Å². The van der Waals surface area contributed by atoms with Gasteiger partial charge in [-0.05, 0) is 68.6 Å². The van der Waals surface area contributed by atoms with Crippen LogP contribution in [0.1, 0.15) is 30.0 Å². The highest BCUT2D eigenvalue weighted by Gasteiger charge is 2.06. The summed E-state index contributed by atoms with van der Waals surface area (Å²) in [5, 5.41) is 7.36. The second-order valence-corrected chi connectivity index (χ2v) is 6.25. The molecule has 0 amide bonds. The first-order valence-electron chi connectivity index (χ1n) is 7.73. The van der Waals surface area contributed by atoms with Crippen molar-refractivity contribution < 1.29 is 0 Å². The van der Waals surface area contributed by atoms with E-state index in [1.807, 2.05) is 0 Å². The molecule has 0 saturated heterocycles. The number of benzene rings is 2. The van der Waals surface area contributed by atoms with E-state index >= 15 is 0 Å². The van der Waals surface area contributed by atoms with Crippen LogP contribution in [0.25, 0.3) is 0 Å². The lowest BCUT2D eigenvalue weighted by Gasteiger charge is -2.18. The van der Waals surface area contributed by atoms with E-state index in [1.54, 1.807) is 0 Å². The smallest absolute Gasteiger partial charge is 0.170 e. The summed E-state index contributed by atoms with van der Waals surface area (Å²) in [6, 6.07) is 17.2. The molecule has 3 heteroatoms. The Morgan fingerprint density at radius 3 is 2.55 bits per heavy atom. The van der Waals surface area contributed by atoms with Crippen LogP contribution < -0.4 is 10.6 Å². The van der Waals surface area contributed by atoms with Gasteiger partial charge in [0.05, 0.1) is 0 Å². The molecule has 0 radical (unpaired) electrons. The lowest BCUT2D eigenvalue weighted by Crippen LogP contribution is -2.36. The van der Waals surface area contributed by atoms with Crippen molar-refractivity contribution in [1.82, 2.24) is 5.32 Å². The monoisotopic (exact) mass is 312 g/mol. The first-order chi connectivity index (χ1) is 10.5. The van der Waals surface area contributed by atoms with Gasteiger partial charge >= 0.3 is 0 Å². The van der Waals surface area contributed by atoms with E-state index in [-0.39, 0.29) is 0 Å². The Kier molecular flexibility index (Phi) is 5.96. The van der Waals surface area contributed by atoms with Gasteiger partial charge in [0.25, 0.3) is 0 Å². The van der Waals surface area contributed by atoms with E-state index < -0.39 is 0 Å². The quantitative estimate of drug-likeness (QED) is 0.788. The number of aryl methyl sites for hydroxylation is 3. The maximum absolute atomic E-state index is 5.42. The third kappa shape index (κ3) is 5.15. The molecule has 1 atom stereocenters. The molecule has 0 fully saturated rings. The Morgan fingerprint density at radius 1 is 1.09 bits per heavy atom. The SMILES string of the molecule is Cc1ccc(C)c(NC(=S)NC(C)CCc2ccccc2)c1. The molecule has 0 aromatic heterocycles. The fourth-order valence-corrected chi connectivity index (χ4v) is 2.66. The topological polar surface area (TPSA) is 24.1 Å². The van der Waals surface area contributed by atoms with Crippen molar-refractivity contribution in [2.45, 2.75) is 39.7 Å². The number of hydrogen-bond donors (Lipinski definition) is 2. The second kappa shape index (κ2) is 7.95. The van der Waals surface area contributed by atoms with Gasteiger partial charge in [-0.1, -0.05) is 42.5 Å². The molecule has 0 aliphatic carbocycles. The molecule has 0 spiro atoms. The average molecular weight is 312 g/mol. The first kappa shape index (κ1) is 16.5. The molecule has 0 saturated carbocycles. The lowest BCUT2D eigenvalue weighted by molar-refractivity contribution is 0.609. The minimum atomic E-state index is 0.338. The van der Waals surface area contributed by atoms with E-state index in [4.69, 9.17) is 12.2 Å². The fourth-order valence-electron chi connectivity index (χ4n) is 2.35. The molecule has 22 heavy (non-hydrogen) atoms. The van der Waals surface area contributed by atoms with Gasteiger partial charge < -0.3 is 10.6 Å². The zero-order valence-corrected chi connectivity index (χ0v) is 14.3. The van der Waals surface area contributed by atoms with Crippen LogP contribution in [0.2, 0.25) is 0 Å². The number of thiocarbonyl (C=S) groups is 1. The Balaban J connectivity index is 1.82. The van der Waals surface area contributed by atoms with Crippen LogP contribution in [0, 0.1) is 13.8 Å². The van der Waals surface area contributed by atoms with Crippen LogP contribution in [0.5, 0.6) is 0 Å². The molecule has 2 N–H and O–H groups in total. The fraction of sp³-hybridized carbons (Fsp3) is 0.316. The highest BCUT2D eigenvalue weighted by Crippen LogP contribution is 2.16. The van der Waals surface area contributed by atoms with Crippen LogP contribution in [0.4, 0.5) is 5.69 Å². The van der Waals surface area contributed by atoms with Gasteiger partial charge in [-0.2, -0.15) is 0 Å². The Morgan fingerprint density at radius 2 is 1.82 bits per heavy atom. The van der Waals surface area contributed by atoms with Crippen LogP contribution in [-0.2, 0) is 6.42 Å². The van der Waals surface area contributed by atoms with E-state index in [0.29, 0.717) is 11.2 Å². The molecule has 116 valence electrons. The van der Waals surface area contributed by atoms with E-state index in [1.165, 1.54) is 16.7 Å². The number of rotatable bonds is 5. The predicted molar refractivity (Wildman–Crippen MR) is 99.5 cm³/mol. The molecule has 0 aliphatic heterocycles. The molecule has 2 rings (SSSR count). The van der Waals surface area contributed by atoms with Crippen LogP contribution >= 0.6 is 12.2 Å². The number of anilines is 1. The molecule has 0 bridgehead atoms. The summed E-state index contributed by atoms with van der Waals surface area (Å²) in [6.45, 7) is 6.34. The molecular formula is C19H24N2S. The Labute approximate surface area is 139 Å². The van der Waals surface area contributed by atoms with Crippen molar-refractivity contribution in [2.75, 3.05) is 5.32 Å². The van der Waals surface area contributed by atoms with Crippen molar-refractivity contribution in [3.63, 3.8) is 0 Å². The maximum atomic E-state index is 5.42. The third-order valence-electron chi connectivity index (χ3n) is 3.73. The molecule has 2 aromatic carbocycles. The standard InChI is InChI=1S/C19H24N2S/c1-14-9-10-15(2)18(13-14)21-19(22)20-16(3)11-12-17-7-5-4-6-8-17/h4-10,13,16H,11-12H2,1-3H3,(H2,20,21,22). The predicted octanol–water partition coefficient (Wildman–Crippen LogP) is 4.61. The van der Waals surface area contributed by atoms with Crippen molar-refractivity contribution >= 4 is 23.0 Å². The summed E-state index contributed by atoms with van der Waals surface area (Å²) in [6.07, 6.45) is 2.11. The summed E-state index contributed by atoms with van der Waals surface area (Å²) in [5.74, 6) is 0. The minimum absolute atomic E-state index is 0.338. The normalized spacial score (nSPS) is 11.8. The van der Waals surface area contributed by atoms with E-state index in [2.05, 4.69) is 79.9 Å². The van der Waals surface area contributed by atoms with Crippen molar-refractivity contribution in [3.8, 4) is 0 Å². The maximum Gasteiger partial charge on any atom is 0.170 e. The van der Waals surface area contributed by atoms with Gasteiger partial charge in [0.15, 0.2) is 5.11 Å². The van der Waals surface area contributed by atoms with Gasteiger partial charge in [-0.25, -0.2) is 0 Å². The summed E-state index contributed by atoms with van der Waals surface area (Å²) >= 11 is 5.42. The van der Waals surface area contributed by atoms with Crippen LogP contribution in [0.3, 0.4) is 0 Å². The number of nitrogens with one attached hydrogen (secondary N) is 2. The molecule has 2 aromatic rings. The van der Waals surface area contributed by atoms with Gasteiger partial charge in [0.2, 0.25) is 0 Å². The molecule has 2 nitrogen and oxygen atoms in total. The molecular weight excluding hydrogens is 288 g/mol. The highest BCUT2D eigenvalue weighted by molar-refractivity contribution is 7.80. The van der Waals surface area contributed by atoms with Gasteiger partial charge in [-0.15, -0.1) is 0 Å². The molecule has 1 unspecified atom stereocenters. The highest BCUT2D eigenvalue weighted by atomic mass is 32.1. The summed E-state index contributed by atoms with van der Waals surface area (Å²) in [4.78, 5) is 0. The molecule has 0 aliphatic rings. The Hall–Kier alpha value is -1.87. The zero-order valence-electron chi connectivity index (χ0n) is 13.5. The zero-order chi connectivity index (χ0) is 15.9. The number of hydrogen-bond acceptors (Lipinski definition) is 1. The van der Waals surface area contributed by atoms with Crippen LogP contribution in [0.15, 0.2) is 48.5 Å². The minimum Gasteiger partial charge on any atom is -0.360 e. The van der Waals surface area contributed by atoms with E-state index in [0.717, 1.165) is 18.5 Å². The summed E-state index contributed by atoms with van der Waals surface area (Å²) in [7, 11) is 0. The van der Waals surface area contributed by atoms with Crippen molar-refractivity contribution in [3.05, 3.63) is 65.2 Å². The van der Waals surface area contributed by atoms with Gasteiger partial charge in [-0.3, -0.25) is 0 Å². The largest absolute Gasteiger partial charge is 0.360 e.